The average Bonchev–Trinajstić information content (AvgIpc) is 2.93. The van der Waals surface area contributed by atoms with Gasteiger partial charge in [0.25, 0.3) is 0 Å². The molecule has 1 aliphatic heterocycles. The number of benzene rings is 1. The van der Waals surface area contributed by atoms with Crippen molar-refractivity contribution < 1.29 is 19.1 Å². The summed E-state index contributed by atoms with van der Waals surface area (Å²) in [6, 6.07) is 5.11. The number of carbonyl (C=O) groups is 3. The number of imidazole rings is 1. The number of imide groups is 1. The lowest BCUT2D eigenvalue weighted by molar-refractivity contribution is -0.164. The van der Waals surface area contributed by atoms with E-state index in [4.69, 9.17) is 4.74 Å². The van der Waals surface area contributed by atoms with Gasteiger partial charge in [0.1, 0.15) is 11.6 Å². The van der Waals surface area contributed by atoms with Crippen LogP contribution < -0.4 is 11.0 Å². The Morgan fingerprint density at radius 3 is 2.38 bits per heavy atom. The molecule has 3 rings (SSSR count). The van der Waals surface area contributed by atoms with E-state index in [2.05, 4.69) is 26.1 Å². The van der Waals surface area contributed by atoms with E-state index >= 15 is 0 Å². The zero-order chi connectivity index (χ0) is 25.4. The van der Waals surface area contributed by atoms with Crippen molar-refractivity contribution in [2.45, 2.75) is 85.3 Å². The van der Waals surface area contributed by atoms with Crippen LogP contribution in [0, 0.1) is 11.3 Å². The molecule has 2 aromatic rings. The molecule has 0 saturated carbocycles. The molecule has 0 bridgehead atoms. The van der Waals surface area contributed by atoms with Gasteiger partial charge in [-0.25, -0.2) is 4.79 Å². The van der Waals surface area contributed by atoms with Gasteiger partial charge in [0.05, 0.1) is 17.0 Å². The first-order valence-electron chi connectivity index (χ1n) is 12.0. The van der Waals surface area contributed by atoms with Gasteiger partial charge >= 0.3 is 11.7 Å². The molecule has 186 valence electrons. The fourth-order valence-corrected chi connectivity index (χ4v) is 4.58. The SMILES string of the molecule is Cn1c(=O)n(C2CCC(=O)NC2=O)c2ccc(CCCC(C(=O)OC(C)(C)C)C(C)(C)C)cc21. The Morgan fingerprint density at radius 1 is 1.12 bits per heavy atom. The normalized spacial score (nSPS) is 18.1. The van der Waals surface area contributed by atoms with Gasteiger partial charge in [-0.3, -0.25) is 28.8 Å². The molecule has 0 radical (unpaired) electrons. The van der Waals surface area contributed by atoms with Crippen LogP contribution in [0.15, 0.2) is 23.0 Å². The molecule has 1 saturated heterocycles. The maximum Gasteiger partial charge on any atom is 0.329 e. The molecule has 2 amide bonds. The number of hydrogen-bond acceptors (Lipinski definition) is 5. The Labute approximate surface area is 200 Å². The van der Waals surface area contributed by atoms with Crippen LogP contribution in [0.3, 0.4) is 0 Å². The number of amides is 2. The van der Waals surface area contributed by atoms with Crippen molar-refractivity contribution in [3.05, 3.63) is 34.2 Å². The van der Waals surface area contributed by atoms with Crippen LogP contribution in [-0.4, -0.2) is 32.5 Å². The van der Waals surface area contributed by atoms with Gasteiger partial charge in [-0.2, -0.15) is 0 Å². The van der Waals surface area contributed by atoms with Gasteiger partial charge in [-0.1, -0.05) is 26.8 Å². The van der Waals surface area contributed by atoms with Crippen LogP contribution in [0.2, 0.25) is 0 Å². The Hall–Kier alpha value is -2.90. The molecule has 2 unspecified atom stereocenters. The van der Waals surface area contributed by atoms with Crippen molar-refractivity contribution in [1.82, 2.24) is 14.5 Å². The lowest BCUT2D eigenvalue weighted by Gasteiger charge is -2.32. The highest BCUT2D eigenvalue weighted by atomic mass is 16.6. The number of esters is 1. The third-order valence-electron chi connectivity index (χ3n) is 6.37. The van der Waals surface area contributed by atoms with E-state index in [1.807, 2.05) is 39.0 Å². The van der Waals surface area contributed by atoms with Crippen LogP contribution in [0.1, 0.15) is 78.8 Å². The monoisotopic (exact) mass is 471 g/mol. The number of rotatable bonds is 6. The highest BCUT2D eigenvalue weighted by Gasteiger charge is 2.34. The van der Waals surface area contributed by atoms with E-state index < -0.39 is 17.6 Å². The number of carbonyl (C=O) groups excluding carboxylic acids is 3. The minimum Gasteiger partial charge on any atom is -0.460 e. The summed E-state index contributed by atoms with van der Waals surface area (Å²) in [5.41, 5.74) is 1.46. The molecule has 1 N–H and O–H groups in total. The van der Waals surface area contributed by atoms with Gasteiger partial charge in [0, 0.05) is 13.5 Å². The maximum atomic E-state index is 12.9. The lowest BCUT2D eigenvalue weighted by Crippen LogP contribution is -2.44. The van der Waals surface area contributed by atoms with Crippen LogP contribution in [0.5, 0.6) is 0 Å². The minimum absolute atomic E-state index is 0.167. The third-order valence-corrected chi connectivity index (χ3v) is 6.37. The molecule has 0 aliphatic carbocycles. The van der Waals surface area contributed by atoms with E-state index in [1.165, 1.54) is 4.57 Å². The lowest BCUT2D eigenvalue weighted by atomic mass is 9.77. The van der Waals surface area contributed by atoms with Crippen LogP contribution >= 0.6 is 0 Å². The number of hydrogen-bond donors (Lipinski definition) is 1. The summed E-state index contributed by atoms with van der Waals surface area (Å²) < 4.78 is 8.69. The summed E-state index contributed by atoms with van der Waals surface area (Å²) in [4.78, 5) is 49.6. The fourth-order valence-electron chi connectivity index (χ4n) is 4.58. The molecule has 1 aliphatic rings. The van der Waals surface area contributed by atoms with E-state index in [0.717, 1.165) is 23.9 Å². The number of nitrogens with zero attached hydrogens (tertiary/aromatic N) is 2. The van der Waals surface area contributed by atoms with Crippen molar-refractivity contribution in [2.75, 3.05) is 0 Å². The van der Waals surface area contributed by atoms with Gasteiger partial charge in [-0.05, 0) is 69.6 Å². The molecule has 2 atom stereocenters. The number of nitrogens with one attached hydrogen (secondary N) is 1. The Bertz CT molecular complexity index is 1160. The van der Waals surface area contributed by atoms with E-state index in [1.54, 1.807) is 11.6 Å². The second kappa shape index (κ2) is 9.39. The molecule has 1 aromatic heterocycles. The standard InChI is InChI=1S/C26H37N3O5/c1-25(2,3)17(23(32)34-26(4,5)6)10-8-9-16-11-12-18-20(15-16)28(7)24(33)29(18)19-13-14-21(30)27-22(19)31/h11-12,15,17,19H,8-10,13-14H2,1-7H3,(H,27,30,31). The van der Waals surface area contributed by atoms with Crippen LogP contribution in [0.4, 0.5) is 0 Å². The topological polar surface area (TPSA) is 99.4 Å². The molecule has 8 heteroatoms. The fraction of sp³-hybridized carbons (Fsp3) is 0.615. The smallest absolute Gasteiger partial charge is 0.329 e. The zero-order valence-electron chi connectivity index (χ0n) is 21.4. The second-order valence-corrected chi connectivity index (χ2v) is 11.3. The largest absolute Gasteiger partial charge is 0.460 e. The molecule has 8 nitrogen and oxygen atoms in total. The van der Waals surface area contributed by atoms with Gasteiger partial charge < -0.3 is 4.74 Å². The number of aromatic nitrogens is 2. The van der Waals surface area contributed by atoms with Gasteiger partial charge in [0.15, 0.2) is 0 Å². The minimum atomic E-state index is -0.693. The average molecular weight is 472 g/mol. The van der Waals surface area contributed by atoms with Crippen molar-refractivity contribution in [2.24, 2.45) is 18.4 Å². The predicted molar refractivity (Wildman–Crippen MR) is 130 cm³/mol. The Balaban J connectivity index is 1.78. The molecular weight excluding hydrogens is 434 g/mol. The summed E-state index contributed by atoms with van der Waals surface area (Å²) in [5.74, 6) is -1.13. The first kappa shape index (κ1) is 25.7. The predicted octanol–water partition coefficient (Wildman–Crippen LogP) is 3.64. The van der Waals surface area contributed by atoms with E-state index in [9.17, 15) is 19.2 Å². The molecule has 34 heavy (non-hydrogen) atoms. The van der Waals surface area contributed by atoms with Gasteiger partial charge in [-0.15, -0.1) is 0 Å². The third kappa shape index (κ3) is 5.59. The summed E-state index contributed by atoms with van der Waals surface area (Å²) in [7, 11) is 1.69. The van der Waals surface area contributed by atoms with Crippen molar-refractivity contribution in [1.29, 1.82) is 0 Å². The van der Waals surface area contributed by atoms with Crippen molar-refractivity contribution >= 4 is 28.8 Å². The van der Waals surface area contributed by atoms with Crippen LogP contribution in [0.25, 0.3) is 11.0 Å². The Kier molecular flexibility index (Phi) is 7.10. The summed E-state index contributed by atoms with van der Waals surface area (Å²) in [5, 5.41) is 2.33. The molecule has 0 spiro atoms. The highest BCUT2D eigenvalue weighted by Crippen LogP contribution is 2.33. The quantitative estimate of drug-likeness (QED) is 0.512. The molecular formula is C26H37N3O5. The Morgan fingerprint density at radius 2 is 1.79 bits per heavy atom. The molecule has 1 aromatic carbocycles. The zero-order valence-corrected chi connectivity index (χ0v) is 21.4. The van der Waals surface area contributed by atoms with Crippen molar-refractivity contribution in [3.63, 3.8) is 0 Å². The second-order valence-electron chi connectivity index (χ2n) is 11.3. The van der Waals surface area contributed by atoms with E-state index in [-0.39, 0.29) is 35.3 Å². The van der Waals surface area contributed by atoms with Gasteiger partial charge in [0.2, 0.25) is 11.8 Å². The first-order valence-corrected chi connectivity index (χ1v) is 12.0. The maximum absolute atomic E-state index is 12.9. The summed E-state index contributed by atoms with van der Waals surface area (Å²) in [6.45, 7) is 11.8. The van der Waals surface area contributed by atoms with Crippen LogP contribution in [-0.2, 0) is 32.6 Å². The van der Waals surface area contributed by atoms with E-state index in [0.29, 0.717) is 18.4 Å². The number of aryl methyl sites for hydroxylation is 2. The highest BCUT2D eigenvalue weighted by molar-refractivity contribution is 6.00. The molecule has 1 fully saturated rings. The summed E-state index contributed by atoms with van der Waals surface area (Å²) >= 11 is 0. The van der Waals surface area contributed by atoms with Crippen molar-refractivity contribution in [3.8, 4) is 0 Å². The first-order chi connectivity index (χ1) is 15.7. The number of piperidine rings is 1. The summed E-state index contributed by atoms with van der Waals surface area (Å²) in [6.07, 6.45) is 2.78. The number of ether oxygens (including phenoxy) is 1. The number of fused-ring (bicyclic) bond motifs is 1. The molecule has 2 heterocycles.